The van der Waals surface area contributed by atoms with Crippen LogP contribution >= 0.6 is 0 Å². The Balaban J connectivity index is 0.000000234. The standard InChI is InChI=1S/C26H24F3N5O6S.C14H17F3N2O3S.C14H11N3O3.C12H13F3N2O3S.C2H4O/c1-30-23(35)22-15-21(6-7-31-22)40-20-4-2-18(3-5-20)32-25(37)33-19-13-16(12-17(14-19)26(27,28)29)24(36)34-8-10-41(38,39)11-9-34;1-2-18-12-8-10(7-11(9-12)14(15,16)17)13(20)19-3-5-23(21,22)6-4-19;1-15-14(19)13-8-12(6-7-16-13)20-11-4-2-10(3-5-11)17-9-18;13-12(14,15)9-5-8(6-10(16)7-9)11(18)17-1-3-21(19,20)4-2-17;1-2-3/h2-7,12-15H,8-11H2,1H3,(H,30,35)(H2,32,33,37);7-9,18H,2-6H2,1H3;2-8H,1H3,(H,15,19);5-7H,1-4,16H2;2H,1H3. The minimum absolute atomic E-state index is 0.00600. The second-order valence-electron chi connectivity index (χ2n) is 22.9. The van der Waals surface area contributed by atoms with E-state index in [0.29, 0.717) is 47.4 Å². The number of alkyl halides is 9. The number of nitrogen functional groups attached to an aromatic ring is 1. The number of hydrogen-bond donors (Lipinski definition) is 6. The van der Waals surface area contributed by atoms with Crippen LogP contribution in [-0.4, -0.2) is 192 Å². The van der Waals surface area contributed by atoms with Crippen LogP contribution < -0.4 is 41.8 Å². The average molecular weight is 1580 g/mol. The van der Waals surface area contributed by atoms with Gasteiger partial charge in [0.05, 0.1) is 56.9 Å². The Hall–Kier alpha value is -11.5. The fourth-order valence-corrected chi connectivity index (χ4v) is 13.3. The lowest BCUT2D eigenvalue weighted by molar-refractivity contribution is -0.138. The van der Waals surface area contributed by atoms with E-state index in [1.54, 1.807) is 43.3 Å². The van der Waals surface area contributed by atoms with Gasteiger partial charge < -0.3 is 61.3 Å². The number of halogens is 9. The third-order valence-electron chi connectivity index (χ3n) is 15.1. The number of aliphatic imine (C=N–C) groups is 1. The lowest BCUT2D eigenvalue weighted by Gasteiger charge is -2.27. The Kier molecular flexibility index (Phi) is 29.8. The molecule has 3 fully saturated rings. The molecule has 7 aromatic rings. The molecule has 0 unspecified atom stereocenters. The number of benzene rings is 5. The van der Waals surface area contributed by atoms with Crippen molar-refractivity contribution in [2.24, 2.45) is 4.99 Å². The summed E-state index contributed by atoms with van der Waals surface area (Å²) in [5.41, 5.74) is 2.65. The van der Waals surface area contributed by atoms with Gasteiger partial charge in [0.15, 0.2) is 29.5 Å². The molecule has 0 bridgehead atoms. The summed E-state index contributed by atoms with van der Waals surface area (Å²) in [6, 6.07) is 26.1. The number of aromatic nitrogens is 2. The summed E-state index contributed by atoms with van der Waals surface area (Å²) in [7, 11) is -6.64. The smallest absolute Gasteiger partial charge is 0.416 e. The molecule has 5 heterocycles. The Morgan fingerprint density at radius 3 is 1.20 bits per heavy atom. The fourth-order valence-electron chi connectivity index (χ4n) is 9.71. The van der Waals surface area contributed by atoms with E-state index in [1.165, 1.54) is 91.8 Å². The van der Waals surface area contributed by atoms with Crippen LogP contribution in [0.4, 0.5) is 72.7 Å². The summed E-state index contributed by atoms with van der Waals surface area (Å²) in [4.78, 5) is 107. The third kappa shape index (κ3) is 26.5. The van der Waals surface area contributed by atoms with Crippen LogP contribution in [0.25, 0.3) is 0 Å². The van der Waals surface area contributed by atoms with E-state index < -0.39 is 88.5 Å². The molecule has 5 aromatic carbocycles. The van der Waals surface area contributed by atoms with Gasteiger partial charge in [-0.2, -0.15) is 44.5 Å². The second kappa shape index (κ2) is 37.6. The average Bonchev–Trinajstić information content (AvgIpc) is 0.862. The van der Waals surface area contributed by atoms with E-state index in [2.05, 4.69) is 41.5 Å². The van der Waals surface area contributed by atoms with Crippen molar-refractivity contribution in [3.8, 4) is 23.0 Å². The number of nitrogens with two attached hydrogens (primary N) is 1. The maximum Gasteiger partial charge on any atom is 0.416 e. The first kappa shape index (κ1) is 85.4. The van der Waals surface area contributed by atoms with Crippen molar-refractivity contribution in [3.63, 3.8) is 0 Å². The van der Waals surface area contributed by atoms with Crippen LogP contribution in [0.15, 0.2) is 145 Å². The topological polar surface area (TPSA) is 391 Å². The van der Waals surface area contributed by atoms with Gasteiger partial charge in [-0.3, -0.25) is 33.9 Å². The Bertz CT molecular complexity index is 4780. The van der Waals surface area contributed by atoms with Gasteiger partial charge in [-0.15, -0.1) is 0 Å². The van der Waals surface area contributed by atoms with Gasteiger partial charge in [0, 0.05) is 124 Å². The molecule has 2 aromatic heterocycles. The first-order valence-electron chi connectivity index (χ1n) is 31.8. The van der Waals surface area contributed by atoms with Gasteiger partial charge in [0.25, 0.3) is 29.5 Å². The number of carbonyl (C=O) groups excluding carboxylic acids is 8. The monoisotopic (exact) mass is 1580 g/mol. The molecule has 28 nitrogen and oxygen atoms in total. The van der Waals surface area contributed by atoms with Crippen LogP contribution in [0.2, 0.25) is 0 Å². The maximum atomic E-state index is 13.5. The van der Waals surface area contributed by atoms with E-state index in [4.69, 9.17) is 20.0 Å². The zero-order valence-corrected chi connectivity index (χ0v) is 59.9. The minimum Gasteiger partial charge on any atom is -0.457 e. The number of rotatable bonds is 14. The molecule has 0 saturated carbocycles. The number of urea groups is 1. The number of ether oxygens (including phenoxy) is 2. The lowest BCUT2D eigenvalue weighted by Crippen LogP contribution is -2.43. The predicted octanol–water partition coefficient (Wildman–Crippen LogP) is 9.34. The van der Waals surface area contributed by atoms with Gasteiger partial charge in [-0.25, -0.2) is 34.8 Å². The van der Waals surface area contributed by atoms with Gasteiger partial charge in [0.1, 0.15) is 40.7 Å². The zero-order chi connectivity index (χ0) is 80.0. The molecule has 3 saturated heterocycles. The molecule has 0 radical (unpaired) electrons. The number of hydrogen-bond acceptors (Lipinski definition) is 21. The number of isocyanates is 1. The van der Waals surface area contributed by atoms with Crippen LogP contribution in [-0.2, 0) is 57.6 Å². The van der Waals surface area contributed by atoms with Gasteiger partial charge in [-0.05, 0) is 129 Å². The Morgan fingerprint density at radius 2 is 0.843 bits per heavy atom. The molecule has 10 rings (SSSR count). The number of nitrogens with one attached hydrogen (secondary N) is 5. The van der Waals surface area contributed by atoms with Gasteiger partial charge in [0.2, 0.25) is 6.08 Å². The van der Waals surface area contributed by atoms with E-state index in [0.717, 1.165) is 47.6 Å². The molecule has 3 aliphatic rings. The first-order chi connectivity index (χ1) is 50.7. The molecule has 578 valence electrons. The quantitative estimate of drug-likeness (QED) is 0.0194. The van der Waals surface area contributed by atoms with Crippen molar-refractivity contribution < 1.29 is 113 Å². The zero-order valence-electron chi connectivity index (χ0n) is 57.5. The summed E-state index contributed by atoms with van der Waals surface area (Å²) in [6.45, 7) is 3.23. The number of anilines is 4. The molecule has 0 spiro atoms. The summed E-state index contributed by atoms with van der Waals surface area (Å²) in [5.74, 6) is -2.20. The molecular weight excluding hydrogens is 1510 g/mol. The normalized spacial score (nSPS) is 14.8. The van der Waals surface area contributed by atoms with Crippen LogP contribution in [0.3, 0.4) is 0 Å². The van der Waals surface area contributed by atoms with Crippen molar-refractivity contribution in [2.45, 2.75) is 32.4 Å². The van der Waals surface area contributed by atoms with Crippen LogP contribution in [0.5, 0.6) is 23.0 Å². The summed E-state index contributed by atoms with van der Waals surface area (Å²) in [5, 5.41) is 12.5. The van der Waals surface area contributed by atoms with Crippen LogP contribution in [0.1, 0.15) is 82.6 Å². The van der Waals surface area contributed by atoms with E-state index in [1.807, 2.05) is 0 Å². The molecule has 40 heteroatoms. The number of pyridine rings is 2. The summed E-state index contributed by atoms with van der Waals surface area (Å²) in [6.07, 6.45) is -8.86. The van der Waals surface area contributed by atoms with Gasteiger partial charge in [-0.1, -0.05) is 0 Å². The Morgan fingerprint density at radius 1 is 0.500 bits per heavy atom. The van der Waals surface area contributed by atoms with Gasteiger partial charge >= 0.3 is 24.6 Å². The predicted molar refractivity (Wildman–Crippen MR) is 377 cm³/mol. The van der Waals surface area contributed by atoms with Crippen LogP contribution in [0, 0.1) is 0 Å². The highest BCUT2D eigenvalue weighted by Crippen LogP contribution is 2.36. The van der Waals surface area contributed by atoms with Crippen molar-refractivity contribution in [2.75, 3.05) is 116 Å². The summed E-state index contributed by atoms with van der Waals surface area (Å²) < 4.78 is 198. The molecule has 0 aliphatic carbocycles. The number of nitrogens with zero attached hydrogens (tertiary/aromatic N) is 6. The SMILES string of the molecule is CC=O.CCNc1cc(C(=O)N2CCS(=O)(=O)CC2)cc(C(F)(F)F)c1.CNC(=O)c1cc(Oc2ccc(N=C=O)cc2)ccn1.CNC(=O)c1cc(Oc2ccc(NC(=O)Nc3cc(C(=O)N4CCS(=O)(=O)CC4)cc(C(F)(F)F)c3)cc2)ccn1.Nc1cc(C(=O)N2CCS(=O)(=O)CC2)cc(C(F)(F)F)c1. The number of sulfone groups is 3. The molecule has 0 atom stereocenters. The van der Waals surface area contributed by atoms with Crippen molar-refractivity contribution in [1.82, 2.24) is 35.3 Å². The molecular formula is C68H69F9N12O16S3. The second-order valence-corrected chi connectivity index (χ2v) is 29.9. The highest BCUT2D eigenvalue weighted by Gasteiger charge is 2.37. The van der Waals surface area contributed by atoms with E-state index >= 15 is 0 Å². The molecule has 7 amide bonds. The van der Waals surface area contributed by atoms with E-state index in [-0.39, 0.29) is 136 Å². The van der Waals surface area contributed by atoms with E-state index in [9.17, 15) is 98.3 Å². The third-order valence-corrected chi connectivity index (χ3v) is 19.9. The van der Waals surface area contributed by atoms with Crippen molar-refractivity contribution >= 4 is 106 Å². The lowest BCUT2D eigenvalue weighted by atomic mass is 10.1. The maximum absolute atomic E-state index is 13.5. The van der Waals surface area contributed by atoms with Crippen molar-refractivity contribution in [1.29, 1.82) is 0 Å². The number of amides is 7. The molecule has 7 N–H and O–H groups in total. The highest BCUT2D eigenvalue weighted by molar-refractivity contribution is 7.92. The number of aldehydes is 1. The fraction of sp³-hybridized carbons (Fsp3) is 0.294. The summed E-state index contributed by atoms with van der Waals surface area (Å²) >= 11 is 0. The molecule has 3 aliphatic heterocycles. The first-order valence-corrected chi connectivity index (χ1v) is 37.3. The van der Waals surface area contributed by atoms with Crippen molar-refractivity contribution in [3.05, 3.63) is 185 Å². The Labute approximate surface area is 612 Å². The largest absolute Gasteiger partial charge is 0.457 e. The minimum atomic E-state index is -4.81. The molecule has 108 heavy (non-hydrogen) atoms. The number of carbonyl (C=O) groups is 7. The highest BCUT2D eigenvalue weighted by atomic mass is 32.2.